The number of benzene rings is 1. The van der Waals surface area contributed by atoms with E-state index < -0.39 is 0 Å². The van der Waals surface area contributed by atoms with Gasteiger partial charge in [0.25, 0.3) is 0 Å². The second-order valence-electron chi connectivity index (χ2n) is 4.00. The number of nitrogens with one attached hydrogen (secondary N) is 1. The van der Waals surface area contributed by atoms with E-state index >= 15 is 0 Å². The number of aryl methyl sites for hydroxylation is 1. The molecule has 0 spiro atoms. The summed E-state index contributed by atoms with van der Waals surface area (Å²) in [6.45, 7) is 3.10. The smallest absolute Gasteiger partial charge is 0.123 e. The Kier molecular flexibility index (Phi) is 4.55. The normalized spacial score (nSPS) is 20.8. The predicted molar refractivity (Wildman–Crippen MR) is 63.0 cm³/mol. The molecule has 15 heavy (non-hydrogen) atoms. The van der Waals surface area contributed by atoms with E-state index in [1.807, 2.05) is 13.0 Å². The van der Waals surface area contributed by atoms with Gasteiger partial charge in [-0.05, 0) is 49.6 Å². The van der Waals surface area contributed by atoms with Crippen LogP contribution in [-0.2, 0) is 0 Å². The first-order chi connectivity index (χ1) is 6.77. The van der Waals surface area contributed by atoms with Crippen molar-refractivity contribution in [1.82, 2.24) is 5.32 Å². The van der Waals surface area contributed by atoms with E-state index in [2.05, 4.69) is 5.32 Å². The maximum Gasteiger partial charge on any atom is 0.123 e. The third-order valence-corrected chi connectivity index (χ3v) is 2.93. The van der Waals surface area contributed by atoms with Crippen LogP contribution in [0.25, 0.3) is 0 Å². The van der Waals surface area contributed by atoms with Crippen molar-refractivity contribution in [1.29, 1.82) is 0 Å². The molecule has 0 aliphatic carbocycles. The molecule has 2 rings (SSSR count). The van der Waals surface area contributed by atoms with Gasteiger partial charge in [-0.2, -0.15) is 0 Å². The van der Waals surface area contributed by atoms with Crippen LogP contribution in [0, 0.1) is 12.7 Å². The lowest BCUT2D eigenvalue weighted by atomic mass is 9.94. The Morgan fingerprint density at radius 3 is 2.80 bits per heavy atom. The lowest BCUT2D eigenvalue weighted by Crippen LogP contribution is -2.27. The van der Waals surface area contributed by atoms with Crippen molar-refractivity contribution in [2.45, 2.75) is 32.2 Å². The van der Waals surface area contributed by atoms with Crippen molar-refractivity contribution in [3.63, 3.8) is 0 Å². The van der Waals surface area contributed by atoms with E-state index in [0.29, 0.717) is 6.04 Å². The van der Waals surface area contributed by atoms with Gasteiger partial charge in [0.1, 0.15) is 5.82 Å². The quantitative estimate of drug-likeness (QED) is 0.779. The lowest BCUT2D eigenvalue weighted by Gasteiger charge is -2.25. The Bertz CT molecular complexity index is 321. The van der Waals surface area contributed by atoms with Gasteiger partial charge in [0.05, 0.1) is 0 Å². The average Bonchev–Trinajstić information content (AvgIpc) is 2.23. The minimum Gasteiger partial charge on any atom is -0.310 e. The maximum absolute atomic E-state index is 13.1. The molecular weight excluding hydrogens is 213 g/mol. The summed E-state index contributed by atoms with van der Waals surface area (Å²) in [6.07, 6.45) is 3.61. The second-order valence-corrected chi connectivity index (χ2v) is 4.00. The van der Waals surface area contributed by atoms with Gasteiger partial charge in [-0.1, -0.05) is 12.5 Å². The third kappa shape index (κ3) is 2.93. The van der Waals surface area contributed by atoms with Gasteiger partial charge < -0.3 is 5.32 Å². The van der Waals surface area contributed by atoms with Gasteiger partial charge in [-0.25, -0.2) is 4.39 Å². The number of rotatable bonds is 1. The SMILES string of the molecule is Cc1ccc(F)cc1[C@@H]1CCCCN1.Cl. The molecule has 1 nitrogen and oxygen atoms in total. The highest BCUT2D eigenvalue weighted by molar-refractivity contribution is 5.85. The van der Waals surface area contributed by atoms with Crippen molar-refractivity contribution in [2.24, 2.45) is 0 Å². The minimum atomic E-state index is -0.127. The fourth-order valence-corrected chi connectivity index (χ4v) is 2.10. The molecule has 1 saturated heterocycles. The molecule has 1 aromatic rings. The van der Waals surface area contributed by atoms with Gasteiger partial charge in [-0.3, -0.25) is 0 Å². The summed E-state index contributed by atoms with van der Waals surface area (Å²) in [5.41, 5.74) is 2.32. The number of piperidine rings is 1. The Morgan fingerprint density at radius 1 is 1.33 bits per heavy atom. The molecule has 0 unspecified atom stereocenters. The zero-order valence-electron chi connectivity index (χ0n) is 8.92. The van der Waals surface area contributed by atoms with Gasteiger partial charge in [-0.15, -0.1) is 12.4 Å². The highest BCUT2D eigenvalue weighted by Crippen LogP contribution is 2.25. The molecule has 1 fully saturated rings. The zero-order chi connectivity index (χ0) is 9.97. The maximum atomic E-state index is 13.1. The molecular formula is C12H17ClFN. The predicted octanol–water partition coefficient (Wildman–Crippen LogP) is 3.37. The summed E-state index contributed by atoms with van der Waals surface area (Å²) in [7, 11) is 0. The fraction of sp³-hybridized carbons (Fsp3) is 0.500. The molecule has 1 aliphatic rings. The van der Waals surface area contributed by atoms with Gasteiger partial charge >= 0.3 is 0 Å². The molecule has 0 amide bonds. The van der Waals surface area contributed by atoms with Crippen LogP contribution in [0.5, 0.6) is 0 Å². The molecule has 0 radical (unpaired) electrons. The molecule has 1 aliphatic heterocycles. The molecule has 0 saturated carbocycles. The standard InChI is InChI=1S/C12H16FN.ClH/c1-9-5-6-10(13)8-11(9)12-4-2-3-7-14-12;/h5-6,8,12,14H,2-4,7H2,1H3;1H/t12-;/m0./s1. The highest BCUT2D eigenvalue weighted by Gasteiger charge is 2.16. The summed E-state index contributed by atoms with van der Waals surface area (Å²) < 4.78 is 13.1. The lowest BCUT2D eigenvalue weighted by molar-refractivity contribution is 0.409. The molecule has 0 bridgehead atoms. The van der Waals surface area contributed by atoms with Crippen LogP contribution in [0.3, 0.4) is 0 Å². The van der Waals surface area contributed by atoms with Crippen molar-refractivity contribution in [3.05, 3.63) is 35.1 Å². The fourth-order valence-electron chi connectivity index (χ4n) is 2.10. The van der Waals surface area contributed by atoms with Crippen LogP contribution in [0.4, 0.5) is 4.39 Å². The summed E-state index contributed by atoms with van der Waals surface area (Å²) in [5, 5.41) is 3.44. The highest BCUT2D eigenvalue weighted by atomic mass is 35.5. The van der Waals surface area contributed by atoms with Crippen molar-refractivity contribution in [2.75, 3.05) is 6.54 Å². The van der Waals surface area contributed by atoms with E-state index in [9.17, 15) is 4.39 Å². The molecule has 1 N–H and O–H groups in total. The van der Waals surface area contributed by atoms with Crippen LogP contribution >= 0.6 is 12.4 Å². The van der Waals surface area contributed by atoms with Gasteiger partial charge in [0.15, 0.2) is 0 Å². The van der Waals surface area contributed by atoms with Crippen LogP contribution in [0.2, 0.25) is 0 Å². The summed E-state index contributed by atoms with van der Waals surface area (Å²) in [4.78, 5) is 0. The topological polar surface area (TPSA) is 12.0 Å². The molecule has 84 valence electrons. The summed E-state index contributed by atoms with van der Waals surface area (Å²) in [5.74, 6) is -0.127. The monoisotopic (exact) mass is 229 g/mol. The Labute approximate surface area is 96.5 Å². The largest absolute Gasteiger partial charge is 0.310 e. The van der Waals surface area contributed by atoms with Crippen LogP contribution in [0.15, 0.2) is 18.2 Å². The number of halogens is 2. The molecule has 1 aromatic carbocycles. The number of hydrogen-bond acceptors (Lipinski definition) is 1. The van der Waals surface area contributed by atoms with Crippen LogP contribution < -0.4 is 5.32 Å². The van der Waals surface area contributed by atoms with Gasteiger partial charge in [0.2, 0.25) is 0 Å². The zero-order valence-corrected chi connectivity index (χ0v) is 9.74. The molecule has 1 atom stereocenters. The first kappa shape index (κ1) is 12.5. The molecule has 1 heterocycles. The van der Waals surface area contributed by atoms with Crippen molar-refractivity contribution >= 4 is 12.4 Å². The second kappa shape index (κ2) is 5.47. The van der Waals surface area contributed by atoms with E-state index in [1.165, 1.54) is 24.5 Å². The minimum absolute atomic E-state index is 0. The van der Waals surface area contributed by atoms with E-state index in [0.717, 1.165) is 18.5 Å². The van der Waals surface area contributed by atoms with E-state index in [-0.39, 0.29) is 18.2 Å². The average molecular weight is 230 g/mol. The third-order valence-electron chi connectivity index (χ3n) is 2.93. The molecule has 0 aromatic heterocycles. The van der Waals surface area contributed by atoms with E-state index in [1.54, 1.807) is 6.07 Å². The first-order valence-electron chi connectivity index (χ1n) is 5.27. The summed E-state index contributed by atoms with van der Waals surface area (Å²) >= 11 is 0. The first-order valence-corrected chi connectivity index (χ1v) is 5.27. The van der Waals surface area contributed by atoms with Gasteiger partial charge in [0, 0.05) is 6.04 Å². The van der Waals surface area contributed by atoms with E-state index in [4.69, 9.17) is 0 Å². The Hall–Kier alpha value is -0.600. The molecule has 3 heteroatoms. The van der Waals surface area contributed by atoms with Crippen LogP contribution in [-0.4, -0.2) is 6.54 Å². The van der Waals surface area contributed by atoms with Crippen LogP contribution in [0.1, 0.15) is 36.4 Å². The Morgan fingerprint density at radius 2 is 2.13 bits per heavy atom. The summed E-state index contributed by atoms with van der Waals surface area (Å²) in [6, 6.07) is 5.42. The number of hydrogen-bond donors (Lipinski definition) is 1. The van der Waals surface area contributed by atoms with Crippen molar-refractivity contribution < 1.29 is 4.39 Å². The Balaban J connectivity index is 0.00000112. The van der Waals surface area contributed by atoms with Crippen molar-refractivity contribution in [3.8, 4) is 0 Å².